The van der Waals surface area contributed by atoms with Crippen LogP contribution in [0.5, 0.6) is 0 Å². The highest BCUT2D eigenvalue weighted by Gasteiger charge is 2.44. The minimum Gasteiger partial charge on any atom is -0.390 e. The number of nitrogens with one attached hydrogen (secondary N) is 2. The summed E-state index contributed by atoms with van der Waals surface area (Å²) < 4.78 is 28.1. The van der Waals surface area contributed by atoms with Gasteiger partial charge in [0.25, 0.3) is 11.8 Å². The Morgan fingerprint density at radius 2 is 1.56 bits per heavy atom. The quantitative estimate of drug-likeness (QED) is 0.221. The molecule has 1 aliphatic carbocycles. The summed E-state index contributed by atoms with van der Waals surface area (Å²) in [5.41, 5.74) is 3.82. The van der Waals surface area contributed by atoms with Crippen LogP contribution in [0.4, 0.5) is 8.78 Å². The Morgan fingerprint density at radius 1 is 0.907 bits per heavy atom. The summed E-state index contributed by atoms with van der Waals surface area (Å²) in [4.78, 5) is 28.7. The highest BCUT2D eigenvalue weighted by molar-refractivity contribution is 6.00. The van der Waals surface area contributed by atoms with Crippen molar-refractivity contribution in [2.24, 2.45) is 0 Å². The van der Waals surface area contributed by atoms with E-state index in [0.29, 0.717) is 24.2 Å². The molecular weight excluding hydrogens is 548 g/mol. The molecule has 2 amide bonds. The first-order chi connectivity index (χ1) is 20.5. The van der Waals surface area contributed by atoms with Crippen LogP contribution in [-0.2, 0) is 12.0 Å². The minimum atomic E-state index is -1.06. The van der Waals surface area contributed by atoms with E-state index in [0.717, 1.165) is 48.4 Å². The third-order valence-corrected chi connectivity index (χ3v) is 7.99. The van der Waals surface area contributed by atoms with Gasteiger partial charge in [-0.15, -0.1) is 0 Å². The van der Waals surface area contributed by atoms with E-state index in [-0.39, 0.29) is 30.0 Å². The van der Waals surface area contributed by atoms with Gasteiger partial charge in [-0.2, -0.15) is 0 Å². The smallest absolute Gasteiger partial charge is 0.253 e. The molecule has 0 aromatic heterocycles. The number of aliphatic hydroxyl groups is 1. The van der Waals surface area contributed by atoms with E-state index in [9.17, 15) is 23.5 Å². The Bertz CT molecular complexity index is 1410. The van der Waals surface area contributed by atoms with Crippen molar-refractivity contribution in [2.45, 2.75) is 77.5 Å². The van der Waals surface area contributed by atoms with Crippen LogP contribution in [0.3, 0.4) is 0 Å². The Morgan fingerprint density at radius 3 is 2.16 bits per heavy atom. The molecule has 0 aliphatic heterocycles. The van der Waals surface area contributed by atoms with E-state index in [1.165, 1.54) is 12.1 Å². The molecule has 6 nitrogen and oxygen atoms in total. The van der Waals surface area contributed by atoms with Crippen LogP contribution in [0.25, 0.3) is 0 Å². The fourth-order valence-corrected chi connectivity index (χ4v) is 5.67. The highest BCUT2D eigenvalue weighted by Crippen LogP contribution is 2.45. The van der Waals surface area contributed by atoms with E-state index in [1.807, 2.05) is 39.8 Å². The number of carbonyl (C=O) groups is 2. The van der Waals surface area contributed by atoms with E-state index in [2.05, 4.69) is 22.8 Å². The molecular formula is C35H43F2N3O3. The first-order valence-electron chi connectivity index (χ1n) is 15.2. The number of halogens is 2. The molecule has 43 heavy (non-hydrogen) atoms. The van der Waals surface area contributed by atoms with E-state index >= 15 is 0 Å². The van der Waals surface area contributed by atoms with Gasteiger partial charge in [0, 0.05) is 42.4 Å². The lowest BCUT2D eigenvalue weighted by Gasteiger charge is -2.28. The third kappa shape index (κ3) is 8.48. The molecule has 0 heterocycles. The molecule has 1 fully saturated rings. The Kier molecular flexibility index (Phi) is 10.7. The molecule has 3 aromatic rings. The number of aliphatic hydroxyl groups excluding tert-OH is 1. The van der Waals surface area contributed by atoms with Crippen LogP contribution >= 0.6 is 0 Å². The SMILES string of the molecule is CCCN(CCC)C(=O)c1cc(C)cc(C(=O)N[C@@H](Cc2cc(F)cc(F)c2)[C@H](O)CNC2(c3cccc(C)c3)CC2)c1. The maximum Gasteiger partial charge on any atom is 0.253 e. The van der Waals surface area contributed by atoms with Gasteiger partial charge in [0.15, 0.2) is 0 Å². The predicted molar refractivity (Wildman–Crippen MR) is 165 cm³/mol. The van der Waals surface area contributed by atoms with Gasteiger partial charge in [-0.1, -0.05) is 43.7 Å². The Hall–Kier alpha value is -3.62. The third-order valence-electron chi connectivity index (χ3n) is 7.99. The van der Waals surface area contributed by atoms with Crippen LogP contribution in [0.15, 0.2) is 60.7 Å². The van der Waals surface area contributed by atoms with Crippen LogP contribution in [0.1, 0.15) is 82.5 Å². The summed E-state index contributed by atoms with van der Waals surface area (Å²) in [6.45, 7) is 9.30. The first kappa shape index (κ1) is 32.3. The number of hydrogen-bond acceptors (Lipinski definition) is 4. The number of hydrogen-bond donors (Lipinski definition) is 3. The molecule has 3 aromatic carbocycles. The van der Waals surface area contributed by atoms with E-state index in [4.69, 9.17) is 0 Å². The van der Waals surface area contributed by atoms with Gasteiger partial charge in [0.1, 0.15) is 11.6 Å². The molecule has 4 rings (SSSR count). The van der Waals surface area contributed by atoms with Gasteiger partial charge in [0.2, 0.25) is 0 Å². The zero-order valence-corrected chi connectivity index (χ0v) is 25.6. The van der Waals surface area contributed by atoms with Gasteiger partial charge in [-0.3, -0.25) is 9.59 Å². The van der Waals surface area contributed by atoms with Crippen LogP contribution in [0, 0.1) is 25.5 Å². The van der Waals surface area contributed by atoms with E-state index in [1.54, 1.807) is 23.1 Å². The van der Waals surface area contributed by atoms with Crippen molar-refractivity contribution in [2.75, 3.05) is 19.6 Å². The topological polar surface area (TPSA) is 81.7 Å². The Balaban J connectivity index is 1.55. The van der Waals surface area contributed by atoms with Crippen molar-refractivity contribution >= 4 is 11.8 Å². The molecule has 0 saturated heterocycles. The lowest BCUT2D eigenvalue weighted by Crippen LogP contribution is -2.50. The maximum absolute atomic E-state index is 14.0. The summed E-state index contributed by atoms with van der Waals surface area (Å²) in [5, 5.41) is 17.7. The number of carbonyl (C=O) groups excluding carboxylic acids is 2. The fourth-order valence-electron chi connectivity index (χ4n) is 5.67. The van der Waals surface area contributed by atoms with Gasteiger partial charge in [-0.25, -0.2) is 8.78 Å². The van der Waals surface area contributed by atoms with Crippen molar-refractivity contribution in [3.8, 4) is 0 Å². The van der Waals surface area contributed by atoms with Gasteiger partial charge < -0.3 is 20.6 Å². The second kappa shape index (κ2) is 14.2. The highest BCUT2D eigenvalue weighted by atomic mass is 19.1. The molecule has 0 unspecified atom stereocenters. The molecule has 2 atom stereocenters. The minimum absolute atomic E-state index is 0.0130. The molecule has 1 aliphatic rings. The standard InChI is InChI=1S/C35H43F2N3O3/c1-5-12-40(13-6-2)34(43)27-15-24(4)14-26(20-27)33(42)39-31(19-25-17-29(36)21-30(37)18-25)32(41)22-38-35(10-11-35)28-9-7-8-23(3)16-28/h7-9,14-18,20-21,31-32,38,41H,5-6,10-13,19,22H2,1-4H3,(H,39,42)/t31-,32+/m0/s1. The number of nitrogens with zero attached hydrogens (tertiary/aromatic N) is 1. The van der Waals surface area contributed by atoms with Gasteiger partial charge in [-0.05, 0) is 93.0 Å². The lowest BCUT2D eigenvalue weighted by molar-refractivity contribution is 0.0755. The summed E-state index contributed by atoms with van der Waals surface area (Å²) in [7, 11) is 0. The molecule has 3 N–H and O–H groups in total. The van der Waals surface area contributed by atoms with Crippen molar-refractivity contribution in [3.63, 3.8) is 0 Å². The van der Waals surface area contributed by atoms with E-state index < -0.39 is 29.7 Å². The largest absolute Gasteiger partial charge is 0.390 e. The molecule has 0 bridgehead atoms. The zero-order chi connectivity index (χ0) is 31.1. The van der Waals surface area contributed by atoms with Crippen molar-refractivity contribution in [3.05, 3.63) is 106 Å². The molecule has 230 valence electrons. The fraction of sp³-hybridized carbons (Fsp3) is 0.429. The normalized spacial score (nSPS) is 15.0. The van der Waals surface area contributed by atoms with Crippen LogP contribution in [0.2, 0.25) is 0 Å². The number of benzene rings is 3. The Labute approximate surface area is 253 Å². The molecule has 0 spiro atoms. The van der Waals surface area contributed by atoms with Gasteiger partial charge in [0.05, 0.1) is 12.1 Å². The van der Waals surface area contributed by atoms with Gasteiger partial charge >= 0.3 is 0 Å². The summed E-state index contributed by atoms with van der Waals surface area (Å²) in [6.07, 6.45) is 2.44. The predicted octanol–water partition coefficient (Wildman–Crippen LogP) is 5.82. The monoisotopic (exact) mass is 591 g/mol. The lowest BCUT2D eigenvalue weighted by atomic mass is 9.98. The zero-order valence-electron chi connectivity index (χ0n) is 25.6. The average Bonchev–Trinajstić information content (AvgIpc) is 3.75. The van der Waals surface area contributed by atoms with Crippen LogP contribution < -0.4 is 10.6 Å². The molecule has 8 heteroatoms. The summed E-state index contributed by atoms with van der Waals surface area (Å²) >= 11 is 0. The second-order valence-corrected chi connectivity index (χ2v) is 11.8. The first-order valence-corrected chi connectivity index (χ1v) is 15.2. The van der Waals surface area contributed by atoms with Crippen LogP contribution in [-0.4, -0.2) is 53.6 Å². The summed E-state index contributed by atoms with van der Waals surface area (Å²) in [6, 6.07) is 15.6. The molecule has 1 saturated carbocycles. The molecule has 0 radical (unpaired) electrons. The number of aryl methyl sites for hydroxylation is 2. The number of rotatable bonds is 14. The summed E-state index contributed by atoms with van der Waals surface area (Å²) in [5.74, 6) is -2.07. The van der Waals surface area contributed by atoms with Crippen molar-refractivity contribution in [1.82, 2.24) is 15.5 Å². The van der Waals surface area contributed by atoms with Crippen molar-refractivity contribution in [1.29, 1.82) is 0 Å². The number of amides is 2. The second-order valence-electron chi connectivity index (χ2n) is 11.8. The van der Waals surface area contributed by atoms with Crippen molar-refractivity contribution < 1.29 is 23.5 Å². The average molecular weight is 592 g/mol. The maximum atomic E-state index is 14.0.